The zero-order chi connectivity index (χ0) is 13.3. The van der Waals surface area contributed by atoms with E-state index in [0.717, 1.165) is 0 Å². The summed E-state index contributed by atoms with van der Waals surface area (Å²) in [6, 6.07) is -0.255. The lowest BCUT2D eigenvalue weighted by Gasteiger charge is -2.14. The van der Waals surface area contributed by atoms with E-state index in [1.54, 1.807) is 13.8 Å². The minimum absolute atomic E-state index is 0.122. The van der Waals surface area contributed by atoms with Crippen LogP contribution in [0.1, 0.15) is 13.8 Å². The highest BCUT2D eigenvalue weighted by Gasteiger charge is 2.19. The molecule has 2 heterocycles. The highest BCUT2D eigenvalue weighted by Crippen LogP contribution is 2.18. The number of hydrogen-bond acceptors (Lipinski definition) is 5. The summed E-state index contributed by atoms with van der Waals surface area (Å²) in [4.78, 5) is 26.6. The van der Waals surface area contributed by atoms with Gasteiger partial charge < -0.3 is 10.7 Å². The van der Waals surface area contributed by atoms with Crippen molar-refractivity contribution in [3.8, 4) is 0 Å². The molecule has 96 valence electrons. The summed E-state index contributed by atoms with van der Waals surface area (Å²) in [6.45, 7) is 3.49. The molecule has 0 spiro atoms. The van der Waals surface area contributed by atoms with Gasteiger partial charge in [0, 0.05) is 6.04 Å². The topological polar surface area (TPSA) is 110 Å². The van der Waals surface area contributed by atoms with Gasteiger partial charge in [0.15, 0.2) is 10.8 Å². The summed E-state index contributed by atoms with van der Waals surface area (Å²) < 4.78 is 0. The number of nitrogens with one attached hydrogen (secondary N) is 2. The van der Waals surface area contributed by atoms with Crippen LogP contribution in [0.4, 0.5) is 5.95 Å². The number of nitrogens with two attached hydrogens (primary N) is 1. The Morgan fingerprint density at radius 3 is 2.89 bits per heavy atom. The van der Waals surface area contributed by atoms with Crippen molar-refractivity contribution in [1.82, 2.24) is 19.9 Å². The van der Waals surface area contributed by atoms with Crippen molar-refractivity contribution < 1.29 is 4.79 Å². The maximum Gasteiger partial charge on any atom is 0.233 e. The lowest BCUT2D eigenvalue weighted by atomic mass is 10.0. The highest BCUT2D eigenvalue weighted by molar-refractivity contribution is 6.33. The summed E-state index contributed by atoms with van der Waals surface area (Å²) in [7, 11) is 0. The molecule has 0 aromatic carbocycles. The van der Waals surface area contributed by atoms with E-state index in [2.05, 4.69) is 25.3 Å². The molecule has 4 N–H and O–H groups in total. The number of nitrogens with zero attached hydrogens (tertiary/aromatic N) is 3. The van der Waals surface area contributed by atoms with Crippen LogP contribution in [0, 0.1) is 5.92 Å². The maximum atomic E-state index is 11.8. The van der Waals surface area contributed by atoms with Gasteiger partial charge in [-0.3, -0.25) is 10.1 Å². The summed E-state index contributed by atoms with van der Waals surface area (Å²) in [5.41, 5.74) is 6.59. The van der Waals surface area contributed by atoms with Gasteiger partial charge in [0.05, 0.1) is 12.2 Å². The first-order valence-electron chi connectivity index (χ1n) is 5.42. The fraction of sp³-hybridized carbons (Fsp3) is 0.400. The monoisotopic (exact) mass is 268 g/mol. The maximum absolute atomic E-state index is 11.8. The normalized spacial score (nSPS) is 14.4. The van der Waals surface area contributed by atoms with E-state index >= 15 is 0 Å². The zero-order valence-electron chi connectivity index (χ0n) is 9.94. The van der Waals surface area contributed by atoms with Crippen LogP contribution in [-0.2, 0) is 4.79 Å². The standard InChI is InChI=1S/C10H13ClN6O/c1-4(5(2)12)9(18)17-10-15-7(11)6-8(16-10)14-3-13-6/h3-5H,12H2,1-2H3,(H2,13,14,15,16,17,18). The molecule has 0 saturated heterocycles. The van der Waals surface area contributed by atoms with Crippen molar-refractivity contribution >= 4 is 34.6 Å². The van der Waals surface area contributed by atoms with Crippen LogP contribution < -0.4 is 11.1 Å². The molecular weight excluding hydrogens is 256 g/mol. The molecule has 0 bridgehead atoms. The van der Waals surface area contributed by atoms with E-state index in [1.165, 1.54) is 6.33 Å². The van der Waals surface area contributed by atoms with Crippen molar-refractivity contribution in [2.45, 2.75) is 19.9 Å². The molecule has 2 aromatic heterocycles. The number of hydrogen-bond donors (Lipinski definition) is 3. The van der Waals surface area contributed by atoms with Crippen molar-refractivity contribution in [2.24, 2.45) is 11.7 Å². The predicted molar refractivity (Wildman–Crippen MR) is 68.1 cm³/mol. The number of halogens is 1. The zero-order valence-corrected chi connectivity index (χ0v) is 10.7. The Hall–Kier alpha value is -1.73. The first-order valence-corrected chi connectivity index (χ1v) is 5.80. The van der Waals surface area contributed by atoms with Crippen LogP contribution in [0.2, 0.25) is 5.15 Å². The molecular formula is C10H13ClN6O. The van der Waals surface area contributed by atoms with Crippen LogP contribution in [0.5, 0.6) is 0 Å². The van der Waals surface area contributed by atoms with E-state index in [-0.39, 0.29) is 29.0 Å². The molecule has 1 amide bonds. The Labute approximate surface area is 108 Å². The molecule has 0 aliphatic heterocycles. The first kappa shape index (κ1) is 12.7. The average Bonchev–Trinajstić information content (AvgIpc) is 2.76. The van der Waals surface area contributed by atoms with E-state index in [1.807, 2.05) is 0 Å². The lowest BCUT2D eigenvalue weighted by molar-refractivity contribution is -0.119. The number of fused-ring (bicyclic) bond motifs is 1. The molecule has 7 nitrogen and oxygen atoms in total. The smallest absolute Gasteiger partial charge is 0.233 e. The molecule has 2 aromatic rings. The molecule has 8 heteroatoms. The largest absolute Gasteiger partial charge is 0.341 e. The highest BCUT2D eigenvalue weighted by atomic mass is 35.5. The number of carbonyl (C=O) groups is 1. The molecule has 2 rings (SSSR count). The minimum Gasteiger partial charge on any atom is -0.341 e. The van der Waals surface area contributed by atoms with Gasteiger partial charge in [-0.2, -0.15) is 9.97 Å². The summed E-state index contributed by atoms with van der Waals surface area (Å²) in [5.74, 6) is -0.477. The van der Waals surface area contributed by atoms with Crippen LogP contribution in [-0.4, -0.2) is 31.9 Å². The number of imidazole rings is 1. The van der Waals surface area contributed by atoms with E-state index in [4.69, 9.17) is 17.3 Å². The van der Waals surface area contributed by atoms with Crippen LogP contribution >= 0.6 is 11.6 Å². The van der Waals surface area contributed by atoms with Crippen LogP contribution in [0.3, 0.4) is 0 Å². The van der Waals surface area contributed by atoms with Gasteiger partial charge in [-0.1, -0.05) is 18.5 Å². The quantitative estimate of drug-likeness (QED) is 0.717. The second-order valence-electron chi connectivity index (χ2n) is 4.08. The second-order valence-corrected chi connectivity index (χ2v) is 4.43. The molecule has 0 fully saturated rings. The van der Waals surface area contributed by atoms with Crippen molar-refractivity contribution in [3.63, 3.8) is 0 Å². The molecule has 2 atom stereocenters. The predicted octanol–water partition coefficient (Wildman–Crippen LogP) is 0.928. The van der Waals surface area contributed by atoms with E-state index in [9.17, 15) is 4.79 Å². The lowest BCUT2D eigenvalue weighted by Crippen LogP contribution is -2.34. The SMILES string of the molecule is CC(N)C(C)C(=O)Nc1nc(Cl)c2[nH]cnc2n1. The number of anilines is 1. The number of carbonyl (C=O) groups excluding carboxylic acids is 1. The third-order valence-electron chi connectivity index (χ3n) is 2.68. The van der Waals surface area contributed by atoms with Gasteiger partial charge in [-0.05, 0) is 6.92 Å². The van der Waals surface area contributed by atoms with Gasteiger partial charge in [0.25, 0.3) is 0 Å². The fourth-order valence-electron chi connectivity index (χ4n) is 1.32. The number of amides is 1. The van der Waals surface area contributed by atoms with E-state index < -0.39 is 0 Å². The van der Waals surface area contributed by atoms with Gasteiger partial charge in [0.1, 0.15) is 5.52 Å². The molecule has 0 saturated carbocycles. The Balaban J connectivity index is 2.24. The molecule has 2 unspecified atom stereocenters. The number of rotatable bonds is 3. The number of H-pyrrole nitrogens is 1. The van der Waals surface area contributed by atoms with Gasteiger partial charge in [-0.15, -0.1) is 0 Å². The summed E-state index contributed by atoms with van der Waals surface area (Å²) in [6.07, 6.45) is 1.46. The Morgan fingerprint density at radius 2 is 2.22 bits per heavy atom. The Bertz CT molecular complexity index is 581. The van der Waals surface area contributed by atoms with Crippen molar-refractivity contribution in [1.29, 1.82) is 0 Å². The molecule has 0 aliphatic rings. The molecule has 0 aliphatic carbocycles. The first-order chi connectivity index (χ1) is 8.49. The van der Waals surface area contributed by atoms with Crippen LogP contribution in [0.25, 0.3) is 11.2 Å². The van der Waals surface area contributed by atoms with Gasteiger partial charge >= 0.3 is 0 Å². The molecule has 0 radical (unpaired) electrons. The fourth-order valence-corrected chi connectivity index (χ4v) is 1.54. The van der Waals surface area contributed by atoms with Crippen molar-refractivity contribution in [2.75, 3.05) is 5.32 Å². The van der Waals surface area contributed by atoms with Gasteiger partial charge in [0.2, 0.25) is 11.9 Å². The van der Waals surface area contributed by atoms with E-state index in [0.29, 0.717) is 11.2 Å². The number of aromatic amines is 1. The van der Waals surface area contributed by atoms with Crippen LogP contribution in [0.15, 0.2) is 6.33 Å². The summed E-state index contributed by atoms with van der Waals surface area (Å²) >= 11 is 5.93. The minimum atomic E-state index is -0.345. The summed E-state index contributed by atoms with van der Waals surface area (Å²) in [5, 5.41) is 2.78. The third-order valence-corrected chi connectivity index (χ3v) is 2.95. The number of aromatic nitrogens is 4. The molecule has 18 heavy (non-hydrogen) atoms. The third kappa shape index (κ3) is 2.41. The Kier molecular flexibility index (Phi) is 3.44. The van der Waals surface area contributed by atoms with Gasteiger partial charge in [-0.25, -0.2) is 4.98 Å². The van der Waals surface area contributed by atoms with Crippen molar-refractivity contribution in [3.05, 3.63) is 11.5 Å². The average molecular weight is 269 g/mol. The second kappa shape index (κ2) is 4.87. The Morgan fingerprint density at radius 1 is 1.50 bits per heavy atom.